The van der Waals surface area contributed by atoms with Crippen molar-refractivity contribution in [1.29, 1.82) is 21.0 Å². The van der Waals surface area contributed by atoms with Gasteiger partial charge in [-0.1, -0.05) is 0 Å². The van der Waals surface area contributed by atoms with Crippen molar-refractivity contribution in [2.45, 2.75) is 13.8 Å². The van der Waals surface area contributed by atoms with Gasteiger partial charge in [-0.3, -0.25) is 0 Å². The van der Waals surface area contributed by atoms with E-state index in [2.05, 4.69) is 12.1 Å². The van der Waals surface area contributed by atoms with Crippen molar-refractivity contribution in [3.05, 3.63) is 44.5 Å². The van der Waals surface area contributed by atoms with E-state index in [-0.39, 0.29) is 11.1 Å². The third-order valence-corrected chi connectivity index (χ3v) is 7.13. The number of hydrogen-bond donors (Lipinski definition) is 0. The number of benzene rings is 2. The van der Waals surface area contributed by atoms with Crippen LogP contribution in [0.5, 0.6) is 0 Å². The van der Waals surface area contributed by atoms with E-state index in [0.717, 1.165) is 42.1 Å². The van der Waals surface area contributed by atoms with E-state index in [4.69, 9.17) is 0 Å². The van der Waals surface area contributed by atoms with Crippen LogP contribution < -0.4 is 9.06 Å². The fourth-order valence-electron chi connectivity index (χ4n) is 3.40. The van der Waals surface area contributed by atoms with Gasteiger partial charge in [-0.15, -0.1) is 22.7 Å². The molecule has 0 aliphatic heterocycles. The SMILES string of the molecule is Cc1cc2c(cc(C)c3cc(=C(C#N)C#N)sc32)c2sc(=C(C#N)C#N)cc12. The highest BCUT2D eigenvalue weighted by atomic mass is 32.1. The van der Waals surface area contributed by atoms with E-state index in [1.165, 1.54) is 22.7 Å². The van der Waals surface area contributed by atoms with E-state index in [1.54, 1.807) is 0 Å². The number of fused-ring (bicyclic) bond motifs is 5. The average molecular weight is 394 g/mol. The van der Waals surface area contributed by atoms with Gasteiger partial charge in [0.25, 0.3) is 0 Å². The Kier molecular flexibility index (Phi) is 4.11. The van der Waals surface area contributed by atoms with E-state index in [9.17, 15) is 21.0 Å². The Balaban J connectivity index is 2.27. The van der Waals surface area contributed by atoms with Crippen LogP contribution >= 0.6 is 22.7 Å². The van der Waals surface area contributed by atoms with Gasteiger partial charge < -0.3 is 0 Å². The molecule has 0 bridgehead atoms. The van der Waals surface area contributed by atoms with Crippen molar-refractivity contribution in [1.82, 2.24) is 0 Å². The Bertz CT molecular complexity index is 1470. The number of thiophene rings is 2. The molecule has 4 aromatic rings. The van der Waals surface area contributed by atoms with Gasteiger partial charge >= 0.3 is 0 Å². The van der Waals surface area contributed by atoms with Crippen LogP contribution in [0.2, 0.25) is 0 Å². The van der Waals surface area contributed by atoms with Crippen molar-refractivity contribution >= 4 is 64.8 Å². The van der Waals surface area contributed by atoms with E-state index >= 15 is 0 Å². The van der Waals surface area contributed by atoms with Crippen molar-refractivity contribution in [2.24, 2.45) is 0 Å². The summed E-state index contributed by atoms with van der Waals surface area (Å²) in [5.74, 6) is 0. The third kappa shape index (κ3) is 2.45. The largest absolute Gasteiger partial charge is 0.192 e. The second-order valence-corrected chi connectivity index (χ2v) is 8.49. The zero-order valence-corrected chi connectivity index (χ0v) is 16.5. The number of nitrogens with zero attached hydrogens (tertiary/aromatic N) is 4. The first-order valence-electron chi connectivity index (χ1n) is 8.27. The van der Waals surface area contributed by atoms with Gasteiger partial charge in [0.15, 0.2) is 0 Å². The number of rotatable bonds is 0. The van der Waals surface area contributed by atoms with Gasteiger partial charge in [0.1, 0.15) is 35.4 Å². The molecule has 0 spiro atoms. The van der Waals surface area contributed by atoms with Crippen molar-refractivity contribution in [3.8, 4) is 24.3 Å². The number of hydrogen-bond acceptors (Lipinski definition) is 6. The molecule has 28 heavy (non-hydrogen) atoms. The smallest absolute Gasteiger partial charge is 0.146 e. The van der Waals surface area contributed by atoms with Crippen LogP contribution in [-0.2, 0) is 0 Å². The van der Waals surface area contributed by atoms with Crippen LogP contribution in [0.15, 0.2) is 24.3 Å². The topological polar surface area (TPSA) is 95.2 Å². The normalized spacial score (nSPS) is 10.4. The maximum atomic E-state index is 9.22. The summed E-state index contributed by atoms with van der Waals surface area (Å²) in [7, 11) is 0. The van der Waals surface area contributed by atoms with Crippen molar-refractivity contribution in [3.63, 3.8) is 0 Å². The molecule has 0 radical (unpaired) electrons. The Morgan fingerprint density at radius 1 is 0.607 bits per heavy atom. The molecule has 4 rings (SSSR count). The molecular formula is C22H10N4S2. The fourth-order valence-corrected chi connectivity index (χ4v) is 5.80. The first kappa shape index (κ1) is 17.7. The van der Waals surface area contributed by atoms with Crippen LogP contribution in [0, 0.1) is 59.2 Å². The van der Waals surface area contributed by atoms with Crippen molar-refractivity contribution < 1.29 is 0 Å². The zero-order valence-electron chi connectivity index (χ0n) is 14.9. The maximum absolute atomic E-state index is 9.22. The standard InChI is InChI=1S/C22H10N4S2/c1-11-3-17-18(21-15(11)5-19(27-21)13(7-23)8-24)4-12(2)16-6-20(28-22(16)17)14(9-25)10-26/h3-6H,1-2H3. The molecule has 2 aromatic heterocycles. The minimum absolute atomic E-state index is 0.118. The Hall–Kier alpha value is -3.68. The number of aryl methyl sites for hydroxylation is 2. The van der Waals surface area contributed by atoms with E-state index in [1.807, 2.05) is 50.3 Å². The third-order valence-electron chi connectivity index (χ3n) is 4.75. The molecule has 4 nitrogen and oxygen atoms in total. The van der Waals surface area contributed by atoms with Crippen LogP contribution in [-0.4, -0.2) is 0 Å². The summed E-state index contributed by atoms with van der Waals surface area (Å²) in [4.78, 5) is 0. The molecule has 6 heteroatoms. The highest BCUT2D eigenvalue weighted by Gasteiger charge is 2.14. The highest BCUT2D eigenvalue weighted by Crippen LogP contribution is 2.37. The molecule has 0 aliphatic carbocycles. The lowest BCUT2D eigenvalue weighted by Crippen LogP contribution is -1.94. The Labute approximate surface area is 168 Å². The zero-order chi connectivity index (χ0) is 20.0. The maximum Gasteiger partial charge on any atom is 0.146 e. The summed E-state index contributed by atoms with van der Waals surface area (Å²) in [5.41, 5.74) is 2.36. The van der Waals surface area contributed by atoms with Gasteiger partial charge in [-0.05, 0) is 60.0 Å². The predicted molar refractivity (Wildman–Crippen MR) is 113 cm³/mol. The van der Waals surface area contributed by atoms with Crippen LogP contribution in [0.1, 0.15) is 11.1 Å². The van der Waals surface area contributed by atoms with E-state index < -0.39 is 0 Å². The molecule has 0 aliphatic rings. The molecule has 0 N–H and O–H groups in total. The quantitative estimate of drug-likeness (QED) is 0.445. The summed E-state index contributed by atoms with van der Waals surface area (Å²) >= 11 is 2.90. The summed E-state index contributed by atoms with van der Waals surface area (Å²) in [6.45, 7) is 4.03. The first-order chi connectivity index (χ1) is 13.5. The van der Waals surface area contributed by atoms with Gasteiger partial charge in [-0.25, -0.2) is 0 Å². The molecule has 2 aromatic carbocycles. The minimum atomic E-state index is 0.118. The molecule has 2 heterocycles. The van der Waals surface area contributed by atoms with Crippen LogP contribution in [0.25, 0.3) is 42.1 Å². The minimum Gasteiger partial charge on any atom is -0.192 e. The van der Waals surface area contributed by atoms with Gasteiger partial charge in [0.05, 0.1) is 9.06 Å². The lowest BCUT2D eigenvalue weighted by molar-refractivity contribution is 1.50. The van der Waals surface area contributed by atoms with E-state index in [0.29, 0.717) is 9.06 Å². The van der Waals surface area contributed by atoms with Crippen LogP contribution in [0.3, 0.4) is 0 Å². The predicted octanol–water partition coefficient (Wildman–Crippen LogP) is 4.28. The average Bonchev–Trinajstić information content (AvgIpc) is 3.31. The summed E-state index contributed by atoms with van der Waals surface area (Å²) < 4.78 is 3.42. The Morgan fingerprint density at radius 3 is 1.29 bits per heavy atom. The molecule has 130 valence electrons. The second kappa shape index (κ2) is 6.49. The number of nitriles is 4. The molecule has 0 saturated heterocycles. The molecule has 0 atom stereocenters. The van der Waals surface area contributed by atoms with Crippen LogP contribution in [0.4, 0.5) is 0 Å². The van der Waals surface area contributed by atoms with Crippen molar-refractivity contribution in [2.75, 3.05) is 0 Å². The monoisotopic (exact) mass is 394 g/mol. The molecule has 0 amide bonds. The molecular weight excluding hydrogens is 384 g/mol. The van der Waals surface area contributed by atoms with Gasteiger partial charge in [0.2, 0.25) is 0 Å². The Morgan fingerprint density at radius 2 is 0.964 bits per heavy atom. The summed E-state index contributed by atoms with van der Waals surface area (Å²) in [6.07, 6.45) is 0. The first-order valence-corrected chi connectivity index (χ1v) is 9.90. The fraction of sp³-hybridized carbons (Fsp3) is 0.0909. The molecule has 0 saturated carbocycles. The highest BCUT2D eigenvalue weighted by molar-refractivity contribution is 7.19. The molecule has 0 fully saturated rings. The summed E-state index contributed by atoms with van der Waals surface area (Å²) in [6, 6.07) is 15.9. The summed E-state index contributed by atoms with van der Waals surface area (Å²) in [5, 5.41) is 41.1. The van der Waals surface area contributed by atoms with Gasteiger partial charge in [0, 0.05) is 20.2 Å². The van der Waals surface area contributed by atoms with Gasteiger partial charge in [-0.2, -0.15) is 21.0 Å². The lowest BCUT2D eigenvalue weighted by Gasteiger charge is -2.07. The second-order valence-electron chi connectivity index (χ2n) is 6.39. The lowest BCUT2D eigenvalue weighted by atomic mass is 9.99. The molecule has 0 unspecified atom stereocenters.